The molecule has 0 unspecified atom stereocenters. The Balaban J connectivity index is 1.71. The first kappa shape index (κ1) is 17.6. The van der Waals surface area contributed by atoms with Crippen molar-refractivity contribution in [2.45, 2.75) is 51.6 Å². The van der Waals surface area contributed by atoms with Gasteiger partial charge in [0.15, 0.2) is 0 Å². The van der Waals surface area contributed by atoms with Crippen molar-refractivity contribution in [3.8, 4) is 17.6 Å². The summed E-state index contributed by atoms with van der Waals surface area (Å²) in [4.78, 5) is 0. The molecule has 0 aromatic heterocycles. The summed E-state index contributed by atoms with van der Waals surface area (Å²) < 4.78 is 11.1. The van der Waals surface area contributed by atoms with Crippen LogP contribution >= 0.6 is 0 Å². The van der Waals surface area contributed by atoms with Crippen LogP contribution in [0.3, 0.4) is 0 Å². The Bertz CT molecular complexity index is 525. The molecule has 1 saturated carbocycles. The number of unbranched alkanes of at least 4 members (excludes halogenated alkanes) is 1. The molecular weight excluding hydrogens is 284 g/mol. The molecule has 124 valence electrons. The third kappa shape index (κ3) is 6.50. The molecule has 2 nitrogen and oxygen atoms in total. The number of allylic oxidation sites excluding steroid dienone is 2. The van der Waals surface area contributed by atoms with Crippen LogP contribution in [0, 0.1) is 17.8 Å². The topological polar surface area (TPSA) is 18.5 Å². The van der Waals surface area contributed by atoms with E-state index in [9.17, 15) is 0 Å². The van der Waals surface area contributed by atoms with E-state index in [0.29, 0.717) is 12.0 Å². The van der Waals surface area contributed by atoms with Gasteiger partial charge in [0.25, 0.3) is 0 Å². The number of ether oxygens (including phenoxy) is 2. The lowest BCUT2D eigenvalue weighted by molar-refractivity contribution is 0.0209. The van der Waals surface area contributed by atoms with E-state index in [4.69, 9.17) is 9.47 Å². The first-order valence-corrected chi connectivity index (χ1v) is 8.75. The molecule has 1 aromatic rings. The molecule has 2 rings (SSSR count). The van der Waals surface area contributed by atoms with Gasteiger partial charge in [-0.1, -0.05) is 31.3 Å². The van der Waals surface area contributed by atoms with Crippen molar-refractivity contribution in [1.29, 1.82) is 0 Å². The quantitative estimate of drug-likeness (QED) is 0.545. The van der Waals surface area contributed by atoms with Gasteiger partial charge in [0.2, 0.25) is 0 Å². The molecule has 0 saturated heterocycles. The fourth-order valence-electron chi connectivity index (χ4n) is 2.83. The molecule has 1 fully saturated rings. The Morgan fingerprint density at radius 1 is 1.13 bits per heavy atom. The first-order chi connectivity index (χ1) is 11.3. The monoisotopic (exact) mass is 312 g/mol. The standard InChI is InChI=1S/C21H28O2/c1-3-4-17-23-21-15-11-19(12-16-21)8-6-5-7-18-9-13-20(22-2)14-10-18/h6,8-10,13-14,19,21H,3-4,11-12,15-17H2,1-2H3/b8-6+. The average Bonchev–Trinajstić information content (AvgIpc) is 2.61. The highest BCUT2D eigenvalue weighted by atomic mass is 16.5. The van der Waals surface area contributed by atoms with Crippen molar-refractivity contribution < 1.29 is 9.47 Å². The maximum Gasteiger partial charge on any atom is 0.118 e. The lowest BCUT2D eigenvalue weighted by atomic mass is 9.87. The second-order valence-corrected chi connectivity index (χ2v) is 6.12. The zero-order valence-electron chi connectivity index (χ0n) is 14.4. The SMILES string of the molecule is CCCCOC1CCC(/C=C/C#Cc2ccc(OC)cc2)CC1. The summed E-state index contributed by atoms with van der Waals surface area (Å²) in [6, 6.07) is 7.85. The molecule has 1 aliphatic carbocycles. The van der Waals surface area contributed by atoms with E-state index in [1.54, 1.807) is 7.11 Å². The minimum Gasteiger partial charge on any atom is -0.497 e. The summed E-state index contributed by atoms with van der Waals surface area (Å²) in [5, 5.41) is 0. The van der Waals surface area contributed by atoms with Gasteiger partial charge in [-0.05, 0) is 68.4 Å². The molecule has 0 amide bonds. The predicted molar refractivity (Wildman–Crippen MR) is 95.6 cm³/mol. The smallest absolute Gasteiger partial charge is 0.118 e. The van der Waals surface area contributed by atoms with Gasteiger partial charge in [-0.25, -0.2) is 0 Å². The normalized spacial score (nSPS) is 21.0. The summed E-state index contributed by atoms with van der Waals surface area (Å²) >= 11 is 0. The van der Waals surface area contributed by atoms with Crippen molar-refractivity contribution in [2.75, 3.05) is 13.7 Å². The Morgan fingerprint density at radius 3 is 2.52 bits per heavy atom. The van der Waals surface area contributed by atoms with E-state index in [1.807, 2.05) is 30.3 Å². The maximum absolute atomic E-state index is 5.91. The summed E-state index contributed by atoms with van der Waals surface area (Å²) in [7, 11) is 1.67. The number of hydrogen-bond acceptors (Lipinski definition) is 2. The average molecular weight is 312 g/mol. The number of rotatable bonds is 6. The van der Waals surface area contributed by atoms with Crippen LogP contribution in [0.5, 0.6) is 5.75 Å². The molecule has 0 spiro atoms. The van der Waals surface area contributed by atoms with E-state index in [0.717, 1.165) is 17.9 Å². The van der Waals surface area contributed by atoms with Crippen molar-refractivity contribution >= 4 is 0 Å². The van der Waals surface area contributed by atoms with Gasteiger partial charge in [-0.2, -0.15) is 0 Å². The van der Waals surface area contributed by atoms with Crippen LogP contribution in [0.25, 0.3) is 0 Å². The second-order valence-electron chi connectivity index (χ2n) is 6.12. The van der Waals surface area contributed by atoms with Gasteiger partial charge < -0.3 is 9.47 Å². The predicted octanol–water partition coefficient (Wildman–Crippen LogP) is 4.98. The maximum atomic E-state index is 5.91. The van der Waals surface area contributed by atoms with Crippen LogP contribution in [0.4, 0.5) is 0 Å². The van der Waals surface area contributed by atoms with Crippen LogP contribution in [0.2, 0.25) is 0 Å². The highest BCUT2D eigenvalue weighted by Crippen LogP contribution is 2.27. The molecule has 0 N–H and O–H groups in total. The Labute approximate surface area is 140 Å². The van der Waals surface area contributed by atoms with Crippen molar-refractivity contribution in [3.05, 3.63) is 42.0 Å². The fourth-order valence-corrected chi connectivity index (χ4v) is 2.83. The summed E-state index contributed by atoms with van der Waals surface area (Å²) in [6.07, 6.45) is 12.0. The van der Waals surface area contributed by atoms with E-state index >= 15 is 0 Å². The first-order valence-electron chi connectivity index (χ1n) is 8.75. The van der Waals surface area contributed by atoms with E-state index in [2.05, 4.69) is 24.8 Å². The summed E-state index contributed by atoms with van der Waals surface area (Å²) in [5.74, 6) is 7.82. The van der Waals surface area contributed by atoms with E-state index in [1.165, 1.54) is 38.5 Å². The van der Waals surface area contributed by atoms with Crippen molar-refractivity contribution in [3.63, 3.8) is 0 Å². The molecule has 0 heterocycles. The molecule has 0 aliphatic heterocycles. The van der Waals surface area contributed by atoms with Crippen LogP contribution in [-0.4, -0.2) is 19.8 Å². The lowest BCUT2D eigenvalue weighted by Gasteiger charge is -2.26. The Morgan fingerprint density at radius 2 is 1.87 bits per heavy atom. The minimum atomic E-state index is 0.483. The largest absolute Gasteiger partial charge is 0.497 e. The zero-order valence-corrected chi connectivity index (χ0v) is 14.4. The molecule has 23 heavy (non-hydrogen) atoms. The third-order valence-electron chi connectivity index (χ3n) is 4.33. The van der Waals surface area contributed by atoms with E-state index in [-0.39, 0.29) is 0 Å². The van der Waals surface area contributed by atoms with Crippen LogP contribution < -0.4 is 4.74 Å². The molecule has 1 aliphatic rings. The molecule has 0 radical (unpaired) electrons. The number of benzene rings is 1. The number of hydrogen-bond donors (Lipinski definition) is 0. The molecule has 0 bridgehead atoms. The molecule has 0 atom stereocenters. The second kappa shape index (κ2) is 10.1. The molecule has 2 heteroatoms. The van der Waals surface area contributed by atoms with Gasteiger partial charge in [-0.3, -0.25) is 0 Å². The number of methoxy groups -OCH3 is 1. The van der Waals surface area contributed by atoms with Gasteiger partial charge in [0.05, 0.1) is 13.2 Å². The fraction of sp³-hybridized carbons (Fsp3) is 0.524. The highest BCUT2D eigenvalue weighted by molar-refractivity contribution is 5.40. The zero-order chi connectivity index (χ0) is 16.3. The summed E-state index contributed by atoms with van der Waals surface area (Å²) in [5.41, 5.74) is 1.02. The van der Waals surface area contributed by atoms with Crippen LogP contribution in [-0.2, 0) is 4.74 Å². The van der Waals surface area contributed by atoms with Gasteiger partial charge in [-0.15, -0.1) is 0 Å². The Kier molecular flexibility index (Phi) is 7.77. The highest BCUT2D eigenvalue weighted by Gasteiger charge is 2.19. The Hall–Kier alpha value is -1.72. The molecular formula is C21H28O2. The van der Waals surface area contributed by atoms with Gasteiger partial charge in [0, 0.05) is 12.2 Å². The minimum absolute atomic E-state index is 0.483. The van der Waals surface area contributed by atoms with Gasteiger partial charge in [0.1, 0.15) is 5.75 Å². The molecule has 1 aromatic carbocycles. The van der Waals surface area contributed by atoms with Crippen molar-refractivity contribution in [1.82, 2.24) is 0 Å². The van der Waals surface area contributed by atoms with Crippen LogP contribution in [0.15, 0.2) is 36.4 Å². The van der Waals surface area contributed by atoms with E-state index < -0.39 is 0 Å². The summed E-state index contributed by atoms with van der Waals surface area (Å²) in [6.45, 7) is 3.13. The van der Waals surface area contributed by atoms with Crippen molar-refractivity contribution in [2.24, 2.45) is 5.92 Å². The third-order valence-corrected chi connectivity index (χ3v) is 4.33. The lowest BCUT2D eigenvalue weighted by Crippen LogP contribution is -2.21. The van der Waals surface area contributed by atoms with Crippen LogP contribution in [0.1, 0.15) is 51.0 Å². The van der Waals surface area contributed by atoms with Gasteiger partial charge >= 0.3 is 0 Å².